The summed E-state index contributed by atoms with van der Waals surface area (Å²) in [6, 6.07) is 10.0. The first kappa shape index (κ1) is 25.2. The monoisotopic (exact) mass is 498 g/mol. The Morgan fingerprint density at radius 1 is 1.27 bits per heavy atom. The number of nitrogens with one attached hydrogen (secondary N) is 1. The van der Waals surface area contributed by atoms with E-state index in [9.17, 15) is 9.90 Å². The Labute approximate surface area is 202 Å². The van der Waals surface area contributed by atoms with Crippen LogP contribution in [-0.4, -0.2) is 55.2 Å². The molecule has 10 heteroatoms. The van der Waals surface area contributed by atoms with Gasteiger partial charge in [0.05, 0.1) is 22.3 Å². The molecule has 2 aromatic carbocycles. The Balaban J connectivity index is 1.56. The van der Waals surface area contributed by atoms with E-state index in [2.05, 4.69) is 5.32 Å². The van der Waals surface area contributed by atoms with Gasteiger partial charge in [0.2, 0.25) is 5.60 Å². The van der Waals surface area contributed by atoms with Gasteiger partial charge in [0.15, 0.2) is 11.5 Å². The third kappa shape index (κ3) is 6.35. The van der Waals surface area contributed by atoms with Crippen molar-refractivity contribution in [2.45, 2.75) is 38.0 Å². The Kier molecular flexibility index (Phi) is 8.53. The number of aliphatic hydroxyl groups is 1. The summed E-state index contributed by atoms with van der Waals surface area (Å²) in [6.45, 7) is 4.10. The summed E-state index contributed by atoms with van der Waals surface area (Å²) < 4.78 is 22.7. The standard InChI is InChI=1S/C23H28Cl2N2O6/c1-3-30-22(29)23(13-32-19-6-4-5-7-20(19)33-23)10-14(2)27-11-15(28)12-31-16-8-17(24)21(26)18(25)9-16/h4-9,14-15,27-28H,3,10-13,26H2,1-2H3/t14-,15+,23-/m1/s1. The summed E-state index contributed by atoms with van der Waals surface area (Å²) in [5, 5.41) is 14.1. The topological polar surface area (TPSA) is 112 Å². The number of nitrogens with two attached hydrogens (primary N) is 1. The van der Waals surface area contributed by atoms with Crippen molar-refractivity contribution < 1.29 is 28.8 Å². The molecule has 4 N–H and O–H groups in total. The molecule has 0 spiro atoms. The third-order valence-electron chi connectivity index (χ3n) is 5.10. The quantitative estimate of drug-likeness (QED) is 0.337. The van der Waals surface area contributed by atoms with Gasteiger partial charge in [-0.2, -0.15) is 0 Å². The lowest BCUT2D eigenvalue weighted by Gasteiger charge is -2.37. The smallest absolute Gasteiger partial charge is 0.354 e. The number of carbonyl (C=O) groups is 1. The van der Waals surface area contributed by atoms with Crippen molar-refractivity contribution in [3.8, 4) is 17.2 Å². The number of aliphatic hydroxyl groups excluding tert-OH is 1. The van der Waals surface area contributed by atoms with Crippen LogP contribution in [0.3, 0.4) is 0 Å². The van der Waals surface area contributed by atoms with Crippen LogP contribution in [0.15, 0.2) is 36.4 Å². The summed E-state index contributed by atoms with van der Waals surface area (Å²) >= 11 is 12.0. The lowest BCUT2D eigenvalue weighted by molar-refractivity contribution is -0.168. The molecule has 0 saturated heterocycles. The number of hydrogen-bond donors (Lipinski definition) is 3. The number of esters is 1. The van der Waals surface area contributed by atoms with Crippen LogP contribution in [0.1, 0.15) is 20.3 Å². The number of anilines is 1. The second-order valence-corrected chi connectivity index (χ2v) is 8.65. The SMILES string of the molecule is CCOC(=O)[C@@]1(C[C@@H](C)NC[C@H](O)COc2cc(Cl)c(N)c(Cl)c2)COc2ccccc2O1. The molecule has 0 bridgehead atoms. The van der Waals surface area contributed by atoms with Gasteiger partial charge in [-0.3, -0.25) is 0 Å². The van der Waals surface area contributed by atoms with Crippen LogP contribution in [0.4, 0.5) is 5.69 Å². The summed E-state index contributed by atoms with van der Waals surface area (Å²) in [5.74, 6) is 0.972. The molecular formula is C23H28Cl2N2O6. The lowest BCUT2D eigenvalue weighted by Crippen LogP contribution is -2.56. The van der Waals surface area contributed by atoms with E-state index in [-0.39, 0.29) is 54.6 Å². The molecule has 0 fully saturated rings. The number of fused-ring (bicyclic) bond motifs is 1. The van der Waals surface area contributed by atoms with Gasteiger partial charge in [0.25, 0.3) is 0 Å². The highest BCUT2D eigenvalue weighted by molar-refractivity contribution is 6.39. The molecule has 180 valence electrons. The number of rotatable bonds is 10. The summed E-state index contributed by atoms with van der Waals surface area (Å²) in [4.78, 5) is 12.8. The molecule has 0 saturated carbocycles. The Morgan fingerprint density at radius 2 is 1.94 bits per heavy atom. The van der Waals surface area contributed by atoms with Gasteiger partial charge in [0, 0.05) is 31.1 Å². The highest BCUT2D eigenvalue weighted by atomic mass is 35.5. The van der Waals surface area contributed by atoms with E-state index >= 15 is 0 Å². The van der Waals surface area contributed by atoms with Gasteiger partial charge >= 0.3 is 5.97 Å². The molecule has 0 amide bonds. The van der Waals surface area contributed by atoms with E-state index in [1.165, 1.54) is 12.1 Å². The number of nitrogen functional groups attached to an aromatic ring is 1. The van der Waals surface area contributed by atoms with Crippen molar-refractivity contribution in [1.29, 1.82) is 0 Å². The Bertz CT molecular complexity index is 953. The highest BCUT2D eigenvalue weighted by Crippen LogP contribution is 2.37. The fourth-order valence-electron chi connectivity index (χ4n) is 3.43. The van der Waals surface area contributed by atoms with Crippen LogP contribution in [0.2, 0.25) is 10.0 Å². The molecular weight excluding hydrogens is 471 g/mol. The minimum Gasteiger partial charge on any atom is -0.491 e. The number of ether oxygens (including phenoxy) is 4. The van der Waals surface area contributed by atoms with Crippen molar-refractivity contribution >= 4 is 34.9 Å². The Hall–Kier alpha value is -2.39. The maximum Gasteiger partial charge on any atom is 0.354 e. The number of hydrogen-bond acceptors (Lipinski definition) is 8. The van der Waals surface area contributed by atoms with E-state index in [1.54, 1.807) is 19.1 Å². The maximum atomic E-state index is 12.8. The molecule has 1 heterocycles. The molecule has 1 aliphatic heterocycles. The zero-order valence-electron chi connectivity index (χ0n) is 18.5. The maximum absolute atomic E-state index is 12.8. The minimum absolute atomic E-state index is 0.00625. The van der Waals surface area contributed by atoms with Gasteiger partial charge in [-0.1, -0.05) is 35.3 Å². The first-order valence-electron chi connectivity index (χ1n) is 10.6. The van der Waals surface area contributed by atoms with Gasteiger partial charge in [0.1, 0.15) is 25.1 Å². The number of para-hydroxylation sites is 2. The minimum atomic E-state index is -1.30. The zero-order chi connectivity index (χ0) is 24.0. The van der Waals surface area contributed by atoms with Gasteiger partial charge in [-0.05, 0) is 26.0 Å². The molecule has 3 rings (SSSR count). The van der Waals surface area contributed by atoms with Crippen molar-refractivity contribution in [1.82, 2.24) is 5.32 Å². The first-order chi connectivity index (χ1) is 15.7. The normalized spacial score (nSPS) is 18.9. The van der Waals surface area contributed by atoms with Gasteiger partial charge in [-0.15, -0.1) is 0 Å². The fourth-order valence-corrected chi connectivity index (χ4v) is 3.90. The highest BCUT2D eigenvalue weighted by Gasteiger charge is 2.47. The van der Waals surface area contributed by atoms with Crippen molar-refractivity contribution in [2.75, 3.05) is 32.1 Å². The van der Waals surface area contributed by atoms with Crippen molar-refractivity contribution in [2.24, 2.45) is 0 Å². The van der Waals surface area contributed by atoms with E-state index in [0.29, 0.717) is 17.2 Å². The largest absolute Gasteiger partial charge is 0.491 e. The van der Waals surface area contributed by atoms with Gasteiger partial charge in [-0.25, -0.2) is 4.79 Å². The Morgan fingerprint density at radius 3 is 2.61 bits per heavy atom. The zero-order valence-corrected chi connectivity index (χ0v) is 20.0. The molecule has 8 nitrogen and oxygen atoms in total. The van der Waals surface area contributed by atoms with E-state index in [0.717, 1.165) is 0 Å². The van der Waals surface area contributed by atoms with Crippen molar-refractivity contribution in [3.05, 3.63) is 46.4 Å². The first-order valence-corrected chi connectivity index (χ1v) is 11.4. The fraction of sp³-hybridized carbons (Fsp3) is 0.435. The van der Waals surface area contributed by atoms with E-state index in [4.69, 9.17) is 47.9 Å². The number of halogens is 2. The second kappa shape index (κ2) is 11.2. The molecule has 3 atom stereocenters. The van der Waals surface area contributed by atoms with Crippen LogP contribution in [0, 0.1) is 0 Å². The van der Waals surface area contributed by atoms with Crippen molar-refractivity contribution in [3.63, 3.8) is 0 Å². The number of benzene rings is 2. The summed E-state index contributed by atoms with van der Waals surface area (Å²) in [5.41, 5.74) is 4.69. The average Bonchev–Trinajstić information content (AvgIpc) is 2.79. The summed E-state index contributed by atoms with van der Waals surface area (Å²) in [6.07, 6.45) is -0.554. The third-order valence-corrected chi connectivity index (χ3v) is 5.72. The predicted octanol–water partition coefficient (Wildman–Crippen LogP) is 3.46. The number of carbonyl (C=O) groups excluding carboxylic acids is 1. The molecule has 0 unspecified atom stereocenters. The molecule has 0 aromatic heterocycles. The molecule has 1 aliphatic rings. The molecule has 0 radical (unpaired) electrons. The predicted molar refractivity (Wildman–Crippen MR) is 126 cm³/mol. The van der Waals surface area contributed by atoms with Crippen LogP contribution in [0.5, 0.6) is 17.2 Å². The molecule has 2 aromatic rings. The van der Waals surface area contributed by atoms with Crippen LogP contribution in [0.25, 0.3) is 0 Å². The van der Waals surface area contributed by atoms with E-state index in [1.807, 2.05) is 19.1 Å². The van der Waals surface area contributed by atoms with Crippen LogP contribution in [-0.2, 0) is 9.53 Å². The van der Waals surface area contributed by atoms with Crippen LogP contribution < -0.4 is 25.3 Å². The molecule has 33 heavy (non-hydrogen) atoms. The lowest BCUT2D eigenvalue weighted by atomic mass is 9.94. The van der Waals surface area contributed by atoms with Crippen LogP contribution >= 0.6 is 23.2 Å². The average molecular weight is 499 g/mol. The van der Waals surface area contributed by atoms with E-state index < -0.39 is 17.7 Å². The second-order valence-electron chi connectivity index (χ2n) is 7.83. The molecule has 0 aliphatic carbocycles. The van der Waals surface area contributed by atoms with Gasteiger partial charge < -0.3 is 35.1 Å². The summed E-state index contributed by atoms with van der Waals surface area (Å²) in [7, 11) is 0.